The SMILES string of the molecule is CCOc1ccc(S(=O)Cc2csc(CC(=O)NC)n2)cc1. The van der Waals surface area contributed by atoms with Crippen LogP contribution in [-0.4, -0.2) is 28.8 Å². The summed E-state index contributed by atoms with van der Waals surface area (Å²) in [6.07, 6.45) is 0.261. The predicted octanol–water partition coefficient (Wildman–Crippen LogP) is 2.14. The van der Waals surface area contributed by atoms with Crippen LogP contribution in [0.2, 0.25) is 0 Å². The Morgan fingerprint density at radius 2 is 2.09 bits per heavy atom. The highest BCUT2D eigenvalue weighted by Gasteiger charge is 2.10. The molecule has 2 aromatic rings. The van der Waals surface area contributed by atoms with Crippen molar-refractivity contribution in [1.29, 1.82) is 0 Å². The van der Waals surface area contributed by atoms with E-state index < -0.39 is 10.8 Å². The minimum Gasteiger partial charge on any atom is -0.494 e. The van der Waals surface area contributed by atoms with Gasteiger partial charge in [0.1, 0.15) is 10.8 Å². The number of aromatic nitrogens is 1. The van der Waals surface area contributed by atoms with Gasteiger partial charge in [-0.3, -0.25) is 9.00 Å². The smallest absolute Gasteiger partial charge is 0.226 e. The quantitative estimate of drug-likeness (QED) is 0.840. The summed E-state index contributed by atoms with van der Waals surface area (Å²) in [6.45, 7) is 2.53. The fourth-order valence-corrected chi connectivity index (χ4v) is 3.71. The molecule has 0 aliphatic carbocycles. The molecular formula is C15H18N2O3S2. The number of hydrogen-bond acceptors (Lipinski definition) is 5. The molecular weight excluding hydrogens is 320 g/mol. The Labute approximate surface area is 136 Å². The third kappa shape index (κ3) is 4.64. The van der Waals surface area contributed by atoms with E-state index in [9.17, 15) is 9.00 Å². The Kier molecular flexibility index (Phi) is 6.09. The summed E-state index contributed by atoms with van der Waals surface area (Å²) >= 11 is 1.41. The molecule has 0 fully saturated rings. The third-order valence-corrected chi connectivity index (χ3v) is 5.12. The Morgan fingerprint density at radius 1 is 1.36 bits per heavy atom. The molecule has 2 rings (SSSR count). The zero-order chi connectivity index (χ0) is 15.9. The van der Waals surface area contributed by atoms with Gasteiger partial charge in [-0.25, -0.2) is 4.98 Å². The van der Waals surface area contributed by atoms with Crippen LogP contribution in [0.3, 0.4) is 0 Å². The lowest BCUT2D eigenvalue weighted by Gasteiger charge is -2.04. The molecule has 0 spiro atoms. The van der Waals surface area contributed by atoms with E-state index in [0.29, 0.717) is 12.4 Å². The van der Waals surface area contributed by atoms with Gasteiger partial charge in [0.25, 0.3) is 0 Å². The van der Waals surface area contributed by atoms with Crippen LogP contribution in [0.4, 0.5) is 0 Å². The first-order valence-electron chi connectivity index (χ1n) is 6.87. The molecule has 1 unspecified atom stereocenters. The average molecular weight is 338 g/mol. The predicted molar refractivity (Wildman–Crippen MR) is 87.6 cm³/mol. The van der Waals surface area contributed by atoms with Gasteiger partial charge < -0.3 is 10.1 Å². The molecule has 22 heavy (non-hydrogen) atoms. The van der Waals surface area contributed by atoms with Crippen LogP contribution in [0.1, 0.15) is 17.6 Å². The number of thiazole rings is 1. The molecule has 1 aromatic heterocycles. The first-order chi connectivity index (χ1) is 10.6. The molecule has 0 aliphatic rings. The summed E-state index contributed by atoms with van der Waals surface area (Å²) in [5.41, 5.74) is 0.746. The minimum atomic E-state index is -1.16. The lowest BCUT2D eigenvalue weighted by atomic mass is 10.3. The largest absolute Gasteiger partial charge is 0.494 e. The van der Waals surface area contributed by atoms with Crippen molar-refractivity contribution in [2.45, 2.75) is 24.0 Å². The second kappa shape index (κ2) is 8.05. The molecule has 118 valence electrons. The molecule has 1 heterocycles. The number of benzene rings is 1. The fraction of sp³-hybridized carbons (Fsp3) is 0.333. The second-order valence-electron chi connectivity index (χ2n) is 4.48. The summed E-state index contributed by atoms with van der Waals surface area (Å²) in [5.74, 6) is 1.04. The maximum absolute atomic E-state index is 12.3. The summed E-state index contributed by atoms with van der Waals surface area (Å²) in [7, 11) is 0.435. The van der Waals surface area contributed by atoms with Crippen molar-refractivity contribution in [2.75, 3.05) is 13.7 Å². The lowest BCUT2D eigenvalue weighted by Crippen LogP contribution is -2.19. The van der Waals surface area contributed by atoms with Gasteiger partial charge in [-0.2, -0.15) is 0 Å². The molecule has 0 aliphatic heterocycles. The van der Waals surface area contributed by atoms with E-state index in [4.69, 9.17) is 4.74 Å². The maximum Gasteiger partial charge on any atom is 0.226 e. The highest BCUT2D eigenvalue weighted by atomic mass is 32.2. The molecule has 7 heteroatoms. The Hall–Kier alpha value is -1.73. The van der Waals surface area contributed by atoms with E-state index in [0.717, 1.165) is 21.3 Å². The molecule has 0 saturated heterocycles. The molecule has 1 atom stereocenters. The number of carbonyl (C=O) groups excluding carboxylic acids is 1. The van der Waals surface area contributed by atoms with Gasteiger partial charge in [0.15, 0.2) is 0 Å². The maximum atomic E-state index is 12.3. The van der Waals surface area contributed by atoms with Crippen molar-refractivity contribution < 1.29 is 13.7 Å². The van der Waals surface area contributed by atoms with Gasteiger partial charge in [-0.15, -0.1) is 11.3 Å². The van der Waals surface area contributed by atoms with Crippen LogP contribution in [-0.2, 0) is 27.8 Å². The van der Waals surface area contributed by atoms with Crippen molar-refractivity contribution in [3.05, 3.63) is 40.3 Å². The van der Waals surface area contributed by atoms with Gasteiger partial charge in [0, 0.05) is 17.3 Å². The monoisotopic (exact) mass is 338 g/mol. The molecule has 0 saturated carbocycles. The number of nitrogens with one attached hydrogen (secondary N) is 1. The Balaban J connectivity index is 1.98. The van der Waals surface area contributed by atoms with Crippen molar-refractivity contribution in [1.82, 2.24) is 10.3 Å². The highest BCUT2D eigenvalue weighted by molar-refractivity contribution is 7.84. The molecule has 1 aromatic carbocycles. The molecule has 1 amide bonds. The Morgan fingerprint density at radius 3 is 2.73 bits per heavy atom. The number of ether oxygens (including phenoxy) is 1. The van der Waals surface area contributed by atoms with Crippen LogP contribution in [0.5, 0.6) is 5.75 Å². The van der Waals surface area contributed by atoms with E-state index in [1.165, 1.54) is 11.3 Å². The van der Waals surface area contributed by atoms with Crippen LogP contribution < -0.4 is 10.1 Å². The second-order valence-corrected chi connectivity index (χ2v) is 6.87. The van der Waals surface area contributed by atoms with Crippen molar-refractivity contribution in [3.63, 3.8) is 0 Å². The number of nitrogens with zero attached hydrogens (tertiary/aromatic N) is 1. The molecule has 1 N–H and O–H groups in total. The average Bonchev–Trinajstić information content (AvgIpc) is 2.95. The van der Waals surface area contributed by atoms with Gasteiger partial charge in [-0.05, 0) is 31.2 Å². The van der Waals surface area contributed by atoms with E-state index >= 15 is 0 Å². The number of amides is 1. The van der Waals surface area contributed by atoms with Crippen LogP contribution in [0.15, 0.2) is 34.5 Å². The third-order valence-electron chi connectivity index (χ3n) is 2.87. The zero-order valence-electron chi connectivity index (χ0n) is 12.5. The molecule has 0 radical (unpaired) electrons. The number of hydrogen-bond donors (Lipinski definition) is 1. The zero-order valence-corrected chi connectivity index (χ0v) is 14.1. The lowest BCUT2D eigenvalue weighted by molar-refractivity contribution is -0.119. The van der Waals surface area contributed by atoms with Crippen LogP contribution >= 0.6 is 11.3 Å². The van der Waals surface area contributed by atoms with Gasteiger partial charge >= 0.3 is 0 Å². The van der Waals surface area contributed by atoms with Gasteiger partial charge in [0.2, 0.25) is 5.91 Å². The number of likely N-dealkylation sites (N-methyl/N-ethyl adjacent to an activating group) is 1. The highest BCUT2D eigenvalue weighted by Crippen LogP contribution is 2.18. The first kappa shape index (κ1) is 16.6. The summed E-state index contributed by atoms with van der Waals surface area (Å²) in [4.78, 5) is 16.4. The fourth-order valence-electron chi connectivity index (χ4n) is 1.79. The summed E-state index contributed by atoms with van der Waals surface area (Å²) in [6, 6.07) is 7.24. The Bertz CT molecular complexity index is 653. The molecule has 5 nitrogen and oxygen atoms in total. The van der Waals surface area contributed by atoms with E-state index in [1.54, 1.807) is 19.2 Å². The normalized spacial score (nSPS) is 11.9. The van der Waals surface area contributed by atoms with Crippen molar-refractivity contribution in [3.8, 4) is 5.75 Å². The molecule has 0 bridgehead atoms. The van der Waals surface area contributed by atoms with Crippen molar-refractivity contribution in [2.24, 2.45) is 0 Å². The van der Waals surface area contributed by atoms with E-state index in [2.05, 4.69) is 10.3 Å². The van der Waals surface area contributed by atoms with E-state index in [-0.39, 0.29) is 12.3 Å². The topological polar surface area (TPSA) is 68.3 Å². The van der Waals surface area contributed by atoms with Gasteiger partial charge in [0.05, 0.1) is 35.3 Å². The van der Waals surface area contributed by atoms with Crippen molar-refractivity contribution >= 4 is 28.0 Å². The standard InChI is InChI=1S/C15H18N2O3S2/c1-3-20-12-4-6-13(7-5-12)22(19)10-11-9-21-15(17-11)8-14(18)16-2/h4-7,9H,3,8,10H2,1-2H3,(H,16,18). The van der Waals surface area contributed by atoms with E-state index in [1.807, 2.05) is 24.4 Å². The first-order valence-corrected chi connectivity index (χ1v) is 9.07. The summed E-state index contributed by atoms with van der Waals surface area (Å²) in [5, 5.41) is 5.15. The van der Waals surface area contributed by atoms with Gasteiger partial charge in [-0.1, -0.05) is 0 Å². The van der Waals surface area contributed by atoms with Crippen LogP contribution in [0.25, 0.3) is 0 Å². The number of carbonyl (C=O) groups is 1. The summed E-state index contributed by atoms with van der Waals surface area (Å²) < 4.78 is 17.7. The minimum absolute atomic E-state index is 0.0754. The number of rotatable bonds is 7. The van der Waals surface area contributed by atoms with Crippen LogP contribution in [0, 0.1) is 0 Å².